The SMILES string of the molecule is CCCCn1c(=O)c2c(ncn2S(=O)(=O)c2cccc3ccccc23)n(CCCC)c1=O. The van der Waals surface area contributed by atoms with Gasteiger partial charge in [0.1, 0.15) is 6.33 Å². The van der Waals surface area contributed by atoms with E-state index in [1.165, 1.54) is 10.6 Å². The lowest BCUT2D eigenvalue weighted by Gasteiger charge is -2.13. The number of fused-ring (bicyclic) bond motifs is 2. The normalized spacial score (nSPS) is 12.1. The minimum Gasteiger partial charge on any atom is -0.276 e. The molecule has 0 aliphatic rings. The number of benzene rings is 2. The molecule has 0 radical (unpaired) electrons. The van der Waals surface area contributed by atoms with Crippen LogP contribution in [0.25, 0.3) is 21.9 Å². The van der Waals surface area contributed by atoms with Crippen LogP contribution in [0.1, 0.15) is 39.5 Å². The van der Waals surface area contributed by atoms with E-state index in [0.717, 1.165) is 33.1 Å². The van der Waals surface area contributed by atoms with Crippen molar-refractivity contribution in [3.63, 3.8) is 0 Å². The van der Waals surface area contributed by atoms with Gasteiger partial charge in [0.15, 0.2) is 11.2 Å². The summed E-state index contributed by atoms with van der Waals surface area (Å²) in [6.07, 6.45) is 4.13. The number of rotatable bonds is 8. The van der Waals surface area contributed by atoms with Crippen molar-refractivity contribution < 1.29 is 8.42 Å². The maximum Gasteiger partial charge on any atom is 0.332 e. The van der Waals surface area contributed by atoms with Gasteiger partial charge in [0.25, 0.3) is 15.6 Å². The third-order valence-electron chi connectivity index (χ3n) is 5.64. The van der Waals surface area contributed by atoms with E-state index in [0.29, 0.717) is 24.8 Å². The lowest BCUT2D eigenvalue weighted by atomic mass is 10.1. The molecular formula is C23H26N4O4S. The third kappa shape index (κ3) is 3.56. The van der Waals surface area contributed by atoms with Crippen molar-refractivity contribution >= 4 is 32.0 Å². The van der Waals surface area contributed by atoms with Crippen LogP contribution < -0.4 is 11.2 Å². The summed E-state index contributed by atoms with van der Waals surface area (Å²) >= 11 is 0. The zero-order chi connectivity index (χ0) is 22.9. The highest BCUT2D eigenvalue weighted by molar-refractivity contribution is 7.90. The number of hydrogen-bond acceptors (Lipinski definition) is 5. The second kappa shape index (κ2) is 8.74. The molecule has 2 aromatic heterocycles. The van der Waals surface area contributed by atoms with Gasteiger partial charge in [-0.1, -0.05) is 63.1 Å². The first kappa shape index (κ1) is 22.0. The van der Waals surface area contributed by atoms with Gasteiger partial charge in [-0.15, -0.1) is 0 Å². The fourth-order valence-electron chi connectivity index (χ4n) is 3.90. The zero-order valence-corrected chi connectivity index (χ0v) is 19.0. The maximum atomic E-state index is 13.7. The van der Waals surface area contributed by atoms with Gasteiger partial charge in [-0.3, -0.25) is 13.9 Å². The van der Waals surface area contributed by atoms with E-state index in [1.807, 2.05) is 32.0 Å². The largest absolute Gasteiger partial charge is 0.332 e. The molecule has 0 saturated carbocycles. The van der Waals surface area contributed by atoms with Crippen LogP contribution in [0.5, 0.6) is 0 Å². The second-order valence-corrected chi connectivity index (χ2v) is 9.58. The summed E-state index contributed by atoms with van der Waals surface area (Å²) in [6, 6.07) is 12.2. The Hall–Kier alpha value is -3.20. The first-order valence-corrected chi connectivity index (χ1v) is 12.3. The Labute approximate surface area is 185 Å². The van der Waals surface area contributed by atoms with Crippen molar-refractivity contribution in [2.24, 2.45) is 0 Å². The van der Waals surface area contributed by atoms with Gasteiger partial charge >= 0.3 is 5.69 Å². The number of aryl methyl sites for hydroxylation is 1. The first-order chi connectivity index (χ1) is 15.4. The van der Waals surface area contributed by atoms with Gasteiger partial charge < -0.3 is 0 Å². The lowest BCUT2D eigenvalue weighted by molar-refractivity contribution is 0.529. The Kier molecular flexibility index (Phi) is 6.01. The van der Waals surface area contributed by atoms with E-state index in [4.69, 9.17) is 0 Å². The zero-order valence-electron chi connectivity index (χ0n) is 18.2. The minimum atomic E-state index is -4.13. The second-order valence-electron chi connectivity index (χ2n) is 7.79. The topological polar surface area (TPSA) is 96.0 Å². The molecule has 0 saturated heterocycles. The molecule has 0 spiro atoms. The van der Waals surface area contributed by atoms with Crippen molar-refractivity contribution in [1.82, 2.24) is 18.1 Å². The van der Waals surface area contributed by atoms with E-state index in [2.05, 4.69) is 4.98 Å². The number of unbranched alkanes of at least 4 members (excludes halogenated alkanes) is 2. The molecule has 0 unspecified atom stereocenters. The molecule has 9 heteroatoms. The Morgan fingerprint density at radius 1 is 0.875 bits per heavy atom. The molecule has 0 amide bonds. The molecule has 8 nitrogen and oxygen atoms in total. The van der Waals surface area contributed by atoms with Crippen LogP contribution in [-0.4, -0.2) is 26.5 Å². The Morgan fingerprint density at radius 2 is 1.53 bits per heavy atom. The molecule has 0 atom stereocenters. The van der Waals surface area contributed by atoms with Crippen molar-refractivity contribution in [2.75, 3.05) is 0 Å². The van der Waals surface area contributed by atoms with Crippen molar-refractivity contribution in [3.05, 3.63) is 69.6 Å². The van der Waals surface area contributed by atoms with Crippen LogP contribution in [-0.2, 0) is 23.1 Å². The number of nitrogens with zero attached hydrogens (tertiary/aromatic N) is 4. The van der Waals surface area contributed by atoms with Gasteiger partial charge in [0.2, 0.25) is 0 Å². The van der Waals surface area contributed by atoms with E-state index in [1.54, 1.807) is 18.2 Å². The van der Waals surface area contributed by atoms with Crippen LogP contribution in [0.4, 0.5) is 0 Å². The predicted octanol–water partition coefficient (Wildman–Crippen LogP) is 3.35. The molecule has 0 fully saturated rings. The predicted molar refractivity (Wildman–Crippen MR) is 125 cm³/mol. The molecular weight excluding hydrogens is 428 g/mol. The van der Waals surface area contributed by atoms with Gasteiger partial charge in [0, 0.05) is 18.5 Å². The number of imidazole rings is 1. The van der Waals surface area contributed by atoms with Crippen LogP contribution in [0.2, 0.25) is 0 Å². The summed E-state index contributed by atoms with van der Waals surface area (Å²) < 4.78 is 30.9. The summed E-state index contributed by atoms with van der Waals surface area (Å²) in [7, 11) is -4.13. The first-order valence-electron chi connectivity index (χ1n) is 10.9. The highest BCUT2D eigenvalue weighted by atomic mass is 32.2. The van der Waals surface area contributed by atoms with Crippen molar-refractivity contribution in [1.29, 1.82) is 0 Å². The smallest absolute Gasteiger partial charge is 0.276 e. The van der Waals surface area contributed by atoms with Gasteiger partial charge in [-0.2, -0.15) is 0 Å². The molecule has 0 bridgehead atoms. The highest BCUT2D eigenvalue weighted by Gasteiger charge is 2.26. The summed E-state index contributed by atoms with van der Waals surface area (Å²) in [5.41, 5.74) is -1.07. The van der Waals surface area contributed by atoms with Crippen LogP contribution in [0.3, 0.4) is 0 Å². The molecule has 4 aromatic rings. The van der Waals surface area contributed by atoms with Crippen LogP contribution in [0, 0.1) is 0 Å². The van der Waals surface area contributed by atoms with Crippen LogP contribution >= 0.6 is 0 Å². The highest BCUT2D eigenvalue weighted by Crippen LogP contribution is 2.26. The van der Waals surface area contributed by atoms with E-state index in [-0.39, 0.29) is 22.6 Å². The van der Waals surface area contributed by atoms with Gasteiger partial charge in [-0.25, -0.2) is 22.2 Å². The Morgan fingerprint density at radius 3 is 2.25 bits per heavy atom. The minimum absolute atomic E-state index is 0.0840. The maximum absolute atomic E-state index is 13.7. The summed E-state index contributed by atoms with van der Waals surface area (Å²) in [4.78, 5) is 30.7. The monoisotopic (exact) mass is 454 g/mol. The summed E-state index contributed by atoms with van der Waals surface area (Å²) in [6.45, 7) is 4.56. The van der Waals surface area contributed by atoms with E-state index in [9.17, 15) is 18.0 Å². The molecule has 0 aliphatic heterocycles. The quantitative estimate of drug-likeness (QED) is 0.407. The standard InChI is InChI=1S/C23H26N4O4S/c1-3-5-14-25-21-20(22(28)26(23(25)29)15-6-4-2)27(16-24-21)32(30,31)19-13-9-11-17-10-7-8-12-18(17)19/h7-13,16H,3-6,14-15H2,1-2H3. The molecule has 168 valence electrons. The fourth-order valence-corrected chi connectivity index (χ4v) is 5.40. The Bertz CT molecular complexity index is 1510. The Balaban J connectivity index is 2.03. The molecule has 0 aliphatic carbocycles. The molecule has 32 heavy (non-hydrogen) atoms. The number of hydrogen-bond donors (Lipinski definition) is 0. The third-order valence-corrected chi connectivity index (χ3v) is 7.35. The van der Waals surface area contributed by atoms with Crippen molar-refractivity contribution in [3.8, 4) is 0 Å². The fraction of sp³-hybridized carbons (Fsp3) is 0.348. The average Bonchev–Trinajstić information content (AvgIpc) is 3.25. The molecule has 4 rings (SSSR count). The molecule has 2 aromatic carbocycles. The summed E-state index contributed by atoms with van der Waals surface area (Å²) in [5, 5.41) is 1.33. The number of aromatic nitrogens is 4. The van der Waals surface area contributed by atoms with E-state index < -0.39 is 21.3 Å². The van der Waals surface area contributed by atoms with Gasteiger partial charge in [-0.05, 0) is 24.3 Å². The lowest BCUT2D eigenvalue weighted by Crippen LogP contribution is -2.41. The van der Waals surface area contributed by atoms with E-state index >= 15 is 0 Å². The van der Waals surface area contributed by atoms with Crippen LogP contribution in [0.15, 0.2) is 63.3 Å². The average molecular weight is 455 g/mol. The molecule has 2 heterocycles. The van der Waals surface area contributed by atoms with Crippen molar-refractivity contribution in [2.45, 2.75) is 57.5 Å². The summed E-state index contributed by atoms with van der Waals surface area (Å²) in [5.74, 6) is 0. The van der Waals surface area contributed by atoms with Gasteiger partial charge in [0.05, 0.1) is 4.90 Å². The molecule has 0 N–H and O–H groups in total.